The summed E-state index contributed by atoms with van der Waals surface area (Å²) in [5, 5.41) is 21.0. The minimum absolute atomic E-state index is 0.0703. The van der Waals surface area contributed by atoms with E-state index in [0.29, 0.717) is 0 Å². The number of nitrogens with one attached hydrogen (secondary N) is 1. The highest BCUT2D eigenvalue weighted by molar-refractivity contribution is 5.52. The first-order chi connectivity index (χ1) is 5.22. The second kappa shape index (κ2) is 3.14. The lowest BCUT2D eigenvalue weighted by molar-refractivity contribution is 0.451. The zero-order valence-corrected chi connectivity index (χ0v) is 6.33. The van der Waals surface area contributed by atoms with Gasteiger partial charge >= 0.3 is 0 Å². The largest absolute Gasteiger partial charge is 0.508 e. The average Bonchev–Trinajstić information content (AvgIpc) is 1.85. The summed E-state index contributed by atoms with van der Waals surface area (Å²) >= 11 is 0. The Morgan fingerprint density at radius 2 is 1.73 bits per heavy atom. The number of aromatic hydroxyl groups is 2. The molecule has 1 rings (SSSR count). The van der Waals surface area contributed by atoms with E-state index in [-0.39, 0.29) is 11.5 Å². The fourth-order valence-electron chi connectivity index (χ4n) is 0.901. The zero-order valence-electron chi connectivity index (χ0n) is 6.33. The molecule has 3 heteroatoms. The van der Waals surface area contributed by atoms with Crippen molar-refractivity contribution in [3.8, 4) is 11.5 Å². The number of hydrogen-bond donors (Lipinski definition) is 3. The summed E-state index contributed by atoms with van der Waals surface area (Å²) in [5.74, 6) is 0.141. The van der Waals surface area contributed by atoms with Crippen LogP contribution in [-0.2, 0) is 0 Å². The van der Waals surface area contributed by atoms with Crippen LogP contribution in [0.1, 0.15) is 6.92 Å². The predicted molar refractivity (Wildman–Crippen MR) is 43.9 cm³/mol. The molecule has 1 aromatic rings. The van der Waals surface area contributed by atoms with Crippen LogP contribution in [0.3, 0.4) is 0 Å². The monoisotopic (exact) mass is 153 g/mol. The molecule has 11 heavy (non-hydrogen) atoms. The van der Waals surface area contributed by atoms with Crippen LogP contribution in [0.5, 0.6) is 11.5 Å². The van der Waals surface area contributed by atoms with Gasteiger partial charge in [-0.15, -0.1) is 0 Å². The second-order valence-electron chi connectivity index (χ2n) is 2.27. The summed E-state index contributed by atoms with van der Waals surface area (Å²) in [5.41, 5.74) is 0.727. The average molecular weight is 153 g/mol. The molecular weight excluding hydrogens is 142 g/mol. The van der Waals surface area contributed by atoms with Gasteiger partial charge in [0, 0.05) is 30.4 Å². The lowest BCUT2D eigenvalue weighted by atomic mass is 10.3. The fraction of sp³-hybridized carbons (Fsp3) is 0.250. The van der Waals surface area contributed by atoms with Gasteiger partial charge in [0.25, 0.3) is 0 Å². The van der Waals surface area contributed by atoms with Crippen molar-refractivity contribution in [1.82, 2.24) is 0 Å². The van der Waals surface area contributed by atoms with Gasteiger partial charge in [0.15, 0.2) is 0 Å². The maximum atomic E-state index is 9.02. The molecule has 0 aliphatic rings. The first-order valence-electron chi connectivity index (χ1n) is 3.49. The normalized spacial score (nSPS) is 9.55. The van der Waals surface area contributed by atoms with Crippen LogP contribution in [0, 0.1) is 0 Å². The number of rotatable bonds is 2. The molecule has 0 heterocycles. The van der Waals surface area contributed by atoms with E-state index in [4.69, 9.17) is 10.2 Å². The molecule has 0 unspecified atom stereocenters. The molecule has 1 aromatic carbocycles. The van der Waals surface area contributed by atoms with Crippen molar-refractivity contribution in [3.05, 3.63) is 18.2 Å². The predicted octanol–water partition coefficient (Wildman–Crippen LogP) is 1.53. The van der Waals surface area contributed by atoms with Crippen molar-refractivity contribution in [2.45, 2.75) is 6.92 Å². The van der Waals surface area contributed by atoms with Gasteiger partial charge in [-0.3, -0.25) is 0 Å². The van der Waals surface area contributed by atoms with Crippen molar-refractivity contribution in [3.63, 3.8) is 0 Å². The number of phenols is 2. The number of anilines is 1. The Kier molecular flexibility index (Phi) is 2.21. The molecule has 0 amide bonds. The third kappa shape index (κ3) is 2.04. The van der Waals surface area contributed by atoms with E-state index < -0.39 is 0 Å². The summed E-state index contributed by atoms with van der Waals surface area (Å²) in [4.78, 5) is 0. The van der Waals surface area contributed by atoms with Gasteiger partial charge in [0.2, 0.25) is 0 Å². The molecule has 0 atom stereocenters. The Bertz CT molecular complexity index is 228. The molecule has 0 fully saturated rings. The molecule has 0 spiro atoms. The van der Waals surface area contributed by atoms with Gasteiger partial charge in [0.05, 0.1) is 0 Å². The first-order valence-corrected chi connectivity index (χ1v) is 3.49. The SMILES string of the molecule is CCNc1cc(O)cc(O)c1. The van der Waals surface area contributed by atoms with Crippen LogP contribution < -0.4 is 5.32 Å². The smallest absolute Gasteiger partial charge is 0.121 e. The van der Waals surface area contributed by atoms with Crippen molar-refractivity contribution < 1.29 is 10.2 Å². The molecule has 3 nitrogen and oxygen atoms in total. The Morgan fingerprint density at radius 3 is 2.18 bits per heavy atom. The maximum absolute atomic E-state index is 9.02. The van der Waals surface area contributed by atoms with Crippen molar-refractivity contribution in [2.24, 2.45) is 0 Å². The molecule has 0 saturated carbocycles. The van der Waals surface area contributed by atoms with Crippen molar-refractivity contribution in [1.29, 1.82) is 0 Å². The molecular formula is C8H11NO2. The summed E-state index contributed by atoms with van der Waals surface area (Å²) in [7, 11) is 0. The van der Waals surface area contributed by atoms with E-state index in [1.54, 1.807) is 12.1 Å². The Morgan fingerprint density at radius 1 is 1.18 bits per heavy atom. The van der Waals surface area contributed by atoms with E-state index in [9.17, 15) is 0 Å². The lowest BCUT2D eigenvalue weighted by Gasteiger charge is -2.03. The van der Waals surface area contributed by atoms with Gasteiger partial charge in [-0.25, -0.2) is 0 Å². The van der Waals surface area contributed by atoms with Crippen LogP contribution in [0.25, 0.3) is 0 Å². The highest BCUT2D eigenvalue weighted by Crippen LogP contribution is 2.23. The zero-order chi connectivity index (χ0) is 8.27. The standard InChI is InChI=1S/C8H11NO2/c1-2-9-6-3-7(10)5-8(11)4-6/h3-5,9-11H,2H2,1H3. The van der Waals surface area contributed by atoms with Gasteiger partial charge in [-0.1, -0.05) is 0 Å². The molecule has 0 bridgehead atoms. The van der Waals surface area contributed by atoms with Crippen molar-refractivity contribution in [2.75, 3.05) is 11.9 Å². The topological polar surface area (TPSA) is 52.5 Å². The maximum Gasteiger partial charge on any atom is 0.121 e. The highest BCUT2D eigenvalue weighted by Gasteiger charge is 1.95. The quantitative estimate of drug-likeness (QED) is 0.604. The number of hydrogen-bond acceptors (Lipinski definition) is 3. The molecule has 0 aliphatic heterocycles. The fourth-order valence-corrected chi connectivity index (χ4v) is 0.901. The summed E-state index contributed by atoms with van der Waals surface area (Å²) < 4.78 is 0. The third-order valence-electron chi connectivity index (χ3n) is 1.28. The van der Waals surface area contributed by atoms with Crippen LogP contribution in [0.2, 0.25) is 0 Å². The first kappa shape index (κ1) is 7.72. The van der Waals surface area contributed by atoms with E-state index >= 15 is 0 Å². The van der Waals surface area contributed by atoms with Gasteiger partial charge in [-0.2, -0.15) is 0 Å². The minimum atomic E-state index is 0.0703. The molecule has 0 saturated heterocycles. The van der Waals surface area contributed by atoms with E-state index in [0.717, 1.165) is 12.2 Å². The van der Waals surface area contributed by atoms with Gasteiger partial charge in [0.1, 0.15) is 11.5 Å². The Balaban J connectivity index is 2.89. The summed E-state index contributed by atoms with van der Waals surface area (Å²) in [6, 6.07) is 4.41. The van der Waals surface area contributed by atoms with E-state index in [1.165, 1.54) is 6.07 Å². The Hall–Kier alpha value is -1.38. The van der Waals surface area contributed by atoms with Gasteiger partial charge < -0.3 is 15.5 Å². The van der Waals surface area contributed by atoms with E-state index in [2.05, 4.69) is 5.32 Å². The minimum Gasteiger partial charge on any atom is -0.508 e. The van der Waals surface area contributed by atoms with Crippen LogP contribution in [-0.4, -0.2) is 16.8 Å². The number of benzene rings is 1. The second-order valence-corrected chi connectivity index (χ2v) is 2.27. The summed E-state index contributed by atoms with van der Waals surface area (Å²) in [6.45, 7) is 2.71. The Labute approximate surface area is 65.3 Å². The molecule has 0 aliphatic carbocycles. The molecule has 60 valence electrons. The van der Waals surface area contributed by atoms with E-state index in [1.807, 2.05) is 6.92 Å². The third-order valence-corrected chi connectivity index (χ3v) is 1.28. The van der Waals surface area contributed by atoms with Gasteiger partial charge in [-0.05, 0) is 6.92 Å². The number of phenolic OH excluding ortho intramolecular Hbond substituents is 2. The molecule has 0 radical (unpaired) electrons. The molecule has 0 aromatic heterocycles. The highest BCUT2D eigenvalue weighted by atomic mass is 16.3. The lowest BCUT2D eigenvalue weighted by Crippen LogP contribution is -1.95. The summed E-state index contributed by atoms with van der Waals surface area (Å²) in [6.07, 6.45) is 0. The molecule has 3 N–H and O–H groups in total. The van der Waals surface area contributed by atoms with Crippen LogP contribution in [0.15, 0.2) is 18.2 Å². The van der Waals surface area contributed by atoms with Crippen molar-refractivity contribution >= 4 is 5.69 Å². The van der Waals surface area contributed by atoms with Crippen LogP contribution in [0.4, 0.5) is 5.69 Å². The van der Waals surface area contributed by atoms with Crippen LogP contribution >= 0.6 is 0 Å².